The second-order valence-electron chi connectivity index (χ2n) is 4.64. The van der Waals surface area contributed by atoms with Gasteiger partial charge in [0.2, 0.25) is 5.91 Å². The van der Waals surface area contributed by atoms with E-state index in [1.54, 1.807) is 11.9 Å². The number of rotatable bonds is 6. The summed E-state index contributed by atoms with van der Waals surface area (Å²) in [5.74, 6) is 0.292. The van der Waals surface area contributed by atoms with Crippen LogP contribution in [0.5, 0.6) is 0 Å². The molecule has 4 nitrogen and oxygen atoms in total. The van der Waals surface area contributed by atoms with Gasteiger partial charge in [0.15, 0.2) is 0 Å². The molecule has 1 unspecified atom stereocenters. The Morgan fingerprint density at radius 2 is 2.07 bits per heavy atom. The Morgan fingerprint density at radius 1 is 1.53 bits per heavy atom. The molecule has 0 radical (unpaired) electrons. The SMILES string of the molecule is CCC(CN)CC(=O)N(C)C(C)(C)CO. The quantitative estimate of drug-likeness (QED) is 0.683. The second-order valence-corrected chi connectivity index (χ2v) is 4.64. The van der Waals surface area contributed by atoms with Crippen molar-refractivity contribution in [2.45, 2.75) is 39.2 Å². The minimum atomic E-state index is -0.496. The van der Waals surface area contributed by atoms with Crippen LogP contribution in [0.25, 0.3) is 0 Å². The molecule has 0 fully saturated rings. The fourth-order valence-corrected chi connectivity index (χ4v) is 1.22. The fraction of sp³-hybridized carbons (Fsp3) is 0.909. The van der Waals surface area contributed by atoms with Gasteiger partial charge in [-0.3, -0.25) is 4.79 Å². The number of aliphatic hydroxyl groups is 1. The Kier molecular flexibility index (Phi) is 5.83. The zero-order chi connectivity index (χ0) is 12.1. The van der Waals surface area contributed by atoms with Gasteiger partial charge < -0.3 is 15.7 Å². The van der Waals surface area contributed by atoms with Crippen LogP contribution in [0.15, 0.2) is 0 Å². The summed E-state index contributed by atoms with van der Waals surface area (Å²) in [7, 11) is 1.72. The summed E-state index contributed by atoms with van der Waals surface area (Å²) >= 11 is 0. The van der Waals surface area contributed by atoms with Crippen LogP contribution in [0, 0.1) is 5.92 Å². The maximum atomic E-state index is 11.8. The molecular formula is C11H24N2O2. The van der Waals surface area contributed by atoms with Crippen molar-refractivity contribution in [3.63, 3.8) is 0 Å². The molecule has 4 heteroatoms. The van der Waals surface area contributed by atoms with Gasteiger partial charge in [-0.15, -0.1) is 0 Å². The number of likely N-dealkylation sites (N-methyl/N-ethyl adjacent to an activating group) is 1. The highest BCUT2D eigenvalue weighted by molar-refractivity contribution is 5.77. The molecule has 0 aliphatic rings. The van der Waals surface area contributed by atoms with Crippen molar-refractivity contribution in [1.29, 1.82) is 0 Å². The first-order chi connectivity index (χ1) is 6.88. The molecule has 15 heavy (non-hydrogen) atoms. The Labute approximate surface area is 92.4 Å². The summed E-state index contributed by atoms with van der Waals surface area (Å²) < 4.78 is 0. The van der Waals surface area contributed by atoms with Gasteiger partial charge in [-0.25, -0.2) is 0 Å². The molecule has 0 heterocycles. The topological polar surface area (TPSA) is 66.6 Å². The summed E-state index contributed by atoms with van der Waals surface area (Å²) in [4.78, 5) is 13.4. The minimum Gasteiger partial charge on any atom is -0.394 e. The Morgan fingerprint density at radius 3 is 2.40 bits per heavy atom. The van der Waals surface area contributed by atoms with Crippen LogP contribution in [0.1, 0.15) is 33.6 Å². The van der Waals surface area contributed by atoms with Gasteiger partial charge in [0.1, 0.15) is 0 Å². The lowest BCUT2D eigenvalue weighted by Gasteiger charge is -2.34. The molecular weight excluding hydrogens is 192 g/mol. The standard InChI is InChI=1S/C11H24N2O2/c1-5-9(7-12)6-10(15)13(4)11(2,3)8-14/h9,14H,5-8,12H2,1-4H3. The zero-order valence-corrected chi connectivity index (χ0v) is 10.3. The minimum absolute atomic E-state index is 0.0331. The van der Waals surface area contributed by atoms with Crippen molar-refractivity contribution in [3.8, 4) is 0 Å². The van der Waals surface area contributed by atoms with Crippen molar-refractivity contribution in [2.24, 2.45) is 11.7 Å². The van der Waals surface area contributed by atoms with Gasteiger partial charge in [-0.1, -0.05) is 13.3 Å². The largest absolute Gasteiger partial charge is 0.394 e. The lowest BCUT2D eigenvalue weighted by atomic mass is 9.99. The van der Waals surface area contributed by atoms with Crippen LogP contribution in [-0.4, -0.2) is 41.7 Å². The van der Waals surface area contributed by atoms with E-state index >= 15 is 0 Å². The van der Waals surface area contributed by atoms with Gasteiger partial charge in [-0.05, 0) is 26.3 Å². The molecule has 0 aliphatic carbocycles. The van der Waals surface area contributed by atoms with Crippen LogP contribution < -0.4 is 5.73 Å². The van der Waals surface area contributed by atoms with Crippen molar-refractivity contribution >= 4 is 5.91 Å². The normalized spacial score (nSPS) is 13.7. The molecule has 0 rings (SSSR count). The summed E-state index contributed by atoms with van der Waals surface area (Å²) in [6, 6.07) is 0. The lowest BCUT2D eigenvalue weighted by Crippen LogP contribution is -2.48. The third kappa shape index (κ3) is 4.18. The van der Waals surface area contributed by atoms with E-state index in [-0.39, 0.29) is 18.4 Å². The smallest absolute Gasteiger partial charge is 0.223 e. The van der Waals surface area contributed by atoms with E-state index < -0.39 is 5.54 Å². The van der Waals surface area contributed by atoms with Gasteiger partial charge in [0.25, 0.3) is 0 Å². The molecule has 0 aromatic heterocycles. The van der Waals surface area contributed by atoms with Crippen LogP contribution in [-0.2, 0) is 4.79 Å². The van der Waals surface area contributed by atoms with E-state index in [1.165, 1.54) is 0 Å². The van der Waals surface area contributed by atoms with E-state index in [9.17, 15) is 4.79 Å². The molecule has 0 aliphatic heterocycles. The summed E-state index contributed by atoms with van der Waals surface area (Å²) in [5, 5.41) is 9.14. The number of hydrogen-bond acceptors (Lipinski definition) is 3. The first-order valence-corrected chi connectivity index (χ1v) is 5.46. The first-order valence-electron chi connectivity index (χ1n) is 5.46. The number of aliphatic hydroxyl groups excluding tert-OH is 1. The number of nitrogens with two attached hydrogens (primary N) is 1. The van der Waals surface area contributed by atoms with Crippen LogP contribution >= 0.6 is 0 Å². The average Bonchev–Trinajstić information content (AvgIpc) is 2.24. The van der Waals surface area contributed by atoms with Crippen molar-refractivity contribution < 1.29 is 9.90 Å². The molecule has 90 valence electrons. The average molecular weight is 216 g/mol. The third-order valence-electron chi connectivity index (χ3n) is 3.04. The number of nitrogens with zero attached hydrogens (tertiary/aromatic N) is 1. The highest BCUT2D eigenvalue weighted by atomic mass is 16.3. The van der Waals surface area contributed by atoms with Crippen LogP contribution in [0.4, 0.5) is 0 Å². The summed E-state index contributed by atoms with van der Waals surface area (Å²) in [5.41, 5.74) is 5.06. The lowest BCUT2D eigenvalue weighted by molar-refractivity contribution is -0.137. The number of hydrogen-bond donors (Lipinski definition) is 2. The highest BCUT2D eigenvalue weighted by Gasteiger charge is 2.27. The molecule has 3 N–H and O–H groups in total. The van der Waals surface area contributed by atoms with E-state index in [0.717, 1.165) is 6.42 Å². The molecule has 0 aromatic carbocycles. The van der Waals surface area contributed by atoms with E-state index in [4.69, 9.17) is 10.8 Å². The van der Waals surface area contributed by atoms with Gasteiger partial charge >= 0.3 is 0 Å². The fourth-order valence-electron chi connectivity index (χ4n) is 1.22. The van der Waals surface area contributed by atoms with E-state index in [2.05, 4.69) is 0 Å². The van der Waals surface area contributed by atoms with Crippen molar-refractivity contribution in [3.05, 3.63) is 0 Å². The summed E-state index contributed by atoms with van der Waals surface area (Å²) in [6.45, 7) is 6.22. The predicted molar refractivity (Wildman–Crippen MR) is 61.4 cm³/mol. The number of amides is 1. The molecule has 1 atom stereocenters. The first kappa shape index (κ1) is 14.4. The van der Waals surface area contributed by atoms with Gasteiger partial charge in [-0.2, -0.15) is 0 Å². The molecule has 0 aromatic rings. The predicted octanol–water partition coefficient (Wildman–Crippen LogP) is 0.591. The highest BCUT2D eigenvalue weighted by Crippen LogP contribution is 2.15. The van der Waals surface area contributed by atoms with Crippen molar-refractivity contribution in [1.82, 2.24) is 4.90 Å². The number of carbonyl (C=O) groups is 1. The molecule has 0 saturated carbocycles. The monoisotopic (exact) mass is 216 g/mol. The van der Waals surface area contributed by atoms with Gasteiger partial charge in [0, 0.05) is 13.5 Å². The second kappa shape index (κ2) is 6.08. The molecule has 1 amide bonds. The van der Waals surface area contributed by atoms with E-state index in [1.807, 2.05) is 20.8 Å². The third-order valence-corrected chi connectivity index (χ3v) is 3.04. The Bertz CT molecular complexity index is 201. The molecule has 0 bridgehead atoms. The Hall–Kier alpha value is -0.610. The molecule has 0 spiro atoms. The van der Waals surface area contributed by atoms with Crippen LogP contribution in [0.2, 0.25) is 0 Å². The molecule has 0 saturated heterocycles. The van der Waals surface area contributed by atoms with E-state index in [0.29, 0.717) is 13.0 Å². The van der Waals surface area contributed by atoms with Crippen molar-refractivity contribution in [2.75, 3.05) is 20.2 Å². The van der Waals surface area contributed by atoms with Crippen LogP contribution in [0.3, 0.4) is 0 Å². The van der Waals surface area contributed by atoms with Gasteiger partial charge in [0.05, 0.1) is 12.1 Å². The zero-order valence-electron chi connectivity index (χ0n) is 10.3. The number of carbonyl (C=O) groups excluding carboxylic acids is 1. The Balaban J connectivity index is 4.33. The maximum Gasteiger partial charge on any atom is 0.223 e. The summed E-state index contributed by atoms with van der Waals surface area (Å²) in [6.07, 6.45) is 1.38. The maximum absolute atomic E-state index is 11.8.